The highest BCUT2D eigenvalue weighted by molar-refractivity contribution is 6.24. The van der Waals surface area contributed by atoms with Gasteiger partial charge in [0.1, 0.15) is 16.9 Å². The van der Waals surface area contributed by atoms with Gasteiger partial charge in [0.2, 0.25) is 0 Å². The van der Waals surface area contributed by atoms with Gasteiger partial charge < -0.3 is 20.5 Å². The van der Waals surface area contributed by atoms with Crippen LogP contribution in [0.25, 0.3) is 0 Å². The third kappa shape index (κ3) is 6.09. The monoisotopic (exact) mass is 428 g/mol. The molecule has 3 N–H and O–H groups in total. The number of rotatable bonds is 6. The fourth-order valence-electron chi connectivity index (χ4n) is 4.14. The van der Waals surface area contributed by atoms with E-state index in [4.69, 9.17) is 4.74 Å². The minimum atomic E-state index is -0.783. The van der Waals surface area contributed by atoms with Crippen molar-refractivity contribution in [3.63, 3.8) is 0 Å². The second kappa shape index (κ2) is 9.54. The van der Waals surface area contributed by atoms with Crippen molar-refractivity contribution in [2.45, 2.75) is 83.3 Å². The lowest BCUT2D eigenvalue weighted by Gasteiger charge is -2.22. The first-order valence-corrected chi connectivity index (χ1v) is 11.0. The molecule has 31 heavy (non-hydrogen) atoms. The fraction of sp³-hybridized carbons (Fsp3) is 0.542. The van der Waals surface area contributed by atoms with E-state index in [1.807, 2.05) is 24.3 Å². The van der Waals surface area contributed by atoms with Crippen LogP contribution in [0, 0.1) is 0 Å². The van der Waals surface area contributed by atoms with Gasteiger partial charge in [-0.15, -0.1) is 0 Å². The molecular formula is C24H32N2O5. The van der Waals surface area contributed by atoms with Crippen LogP contribution in [-0.4, -0.2) is 34.5 Å². The molecule has 1 aliphatic carbocycles. The van der Waals surface area contributed by atoms with Gasteiger partial charge in [0.05, 0.1) is 6.04 Å². The van der Waals surface area contributed by atoms with Crippen molar-refractivity contribution < 1.29 is 24.2 Å². The summed E-state index contributed by atoms with van der Waals surface area (Å²) < 4.78 is 5.24. The first-order valence-electron chi connectivity index (χ1n) is 11.0. The summed E-state index contributed by atoms with van der Waals surface area (Å²) in [7, 11) is 0. The molecule has 1 aromatic rings. The highest BCUT2D eigenvalue weighted by Crippen LogP contribution is 2.33. The second-order valence-electron chi connectivity index (χ2n) is 9.32. The SMILES string of the molecule is CC(C)(C)OC(=O)CC[C@@H]1NC(=O)C(C(=O)Nc2ccc(C3CCCCC3)cc2)=C1O. The lowest BCUT2D eigenvalue weighted by molar-refractivity contribution is -0.155. The average Bonchev–Trinajstić information content (AvgIpc) is 2.99. The summed E-state index contributed by atoms with van der Waals surface area (Å²) >= 11 is 0. The van der Waals surface area contributed by atoms with Gasteiger partial charge in [0.15, 0.2) is 0 Å². The molecule has 168 valence electrons. The van der Waals surface area contributed by atoms with Gasteiger partial charge in [-0.1, -0.05) is 31.4 Å². The Bertz CT molecular complexity index is 861. The number of esters is 1. The molecule has 3 rings (SSSR count). The smallest absolute Gasteiger partial charge is 0.306 e. The van der Waals surface area contributed by atoms with E-state index in [0.717, 1.165) is 0 Å². The number of hydrogen-bond acceptors (Lipinski definition) is 5. The number of aliphatic hydroxyl groups excluding tert-OH is 1. The summed E-state index contributed by atoms with van der Waals surface area (Å²) in [5, 5.41) is 15.7. The van der Waals surface area contributed by atoms with Crippen LogP contribution in [0.4, 0.5) is 5.69 Å². The van der Waals surface area contributed by atoms with Gasteiger partial charge in [-0.2, -0.15) is 0 Å². The number of nitrogens with one attached hydrogen (secondary N) is 2. The van der Waals surface area contributed by atoms with Crippen molar-refractivity contribution in [2.75, 3.05) is 5.32 Å². The third-order valence-corrected chi connectivity index (χ3v) is 5.65. The summed E-state index contributed by atoms with van der Waals surface area (Å²) in [4.78, 5) is 36.8. The molecule has 7 nitrogen and oxygen atoms in total. The predicted octanol–water partition coefficient (Wildman–Crippen LogP) is 4.11. The van der Waals surface area contributed by atoms with Gasteiger partial charge in [-0.25, -0.2) is 0 Å². The molecule has 2 amide bonds. The standard InChI is InChI=1S/C24H32N2O5/c1-24(2,3)31-19(27)14-13-18-21(28)20(23(30)26-18)22(29)25-17-11-9-16(10-12-17)15-7-5-4-6-8-15/h9-12,15,18,28H,4-8,13-14H2,1-3H3,(H,25,29)(H,26,30)/t18-/m0/s1. The zero-order valence-electron chi connectivity index (χ0n) is 18.5. The molecule has 1 aromatic carbocycles. The van der Waals surface area contributed by atoms with Crippen LogP contribution in [0.5, 0.6) is 0 Å². The fourth-order valence-corrected chi connectivity index (χ4v) is 4.14. The Labute approximate surface area is 183 Å². The quantitative estimate of drug-likeness (QED) is 0.467. The van der Waals surface area contributed by atoms with Gasteiger partial charge in [0, 0.05) is 12.1 Å². The first-order chi connectivity index (χ1) is 14.6. The van der Waals surface area contributed by atoms with Crippen LogP contribution in [0.3, 0.4) is 0 Å². The minimum absolute atomic E-state index is 0.0177. The Morgan fingerprint density at radius 2 is 1.77 bits per heavy atom. The van der Waals surface area contributed by atoms with Crippen molar-refractivity contribution in [2.24, 2.45) is 0 Å². The van der Waals surface area contributed by atoms with Crippen LogP contribution in [0.15, 0.2) is 35.6 Å². The maximum absolute atomic E-state index is 12.6. The van der Waals surface area contributed by atoms with Crippen LogP contribution in [-0.2, 0) is 19.1 Å². The molecule has 1 heterocycles. The summed E-state index contributed by atoms with van der Waals surface area (Å²) in [6.45, 7) is 5.30. The number of ether oxygens (including phenoxy) is 1. The Morgan fingerprint density at radius 1 is 1.13 bits per heavy atom. The molecule has 1 fully saturated rings. The lowest BCUT2D eigenvalue weighted by atomic mass is 9.84. The minimum Gasteiger partial charge on any atom is -0.509 e. The van der Waals surface area contributed by atoms with Crippen molar-refractivity contribution >= 4 is 23.5 Å². The molecule has 0 radical (unpaired) electrons. The maximum atomic E-state index is 12.6. The Balaban J connectivity index is 1.59. The average molecular weight is 429 g/mol. The summed E-state index contributed by atoms with van der Waals surface area (Å²) in [5.74, 6) is -1.52. The molecule has 0 saturated heterocycles. The van der Waals surface area contributed by atoms with E-state index in [1.165, 1.54) is 37.7 Å². The van der Waals surface area contributed by atoms with E-state index in [-0.39, 0.29) is 24.2 Å². The van der Waals surface area contributed by atoms with E-state index < -0.39 is 29.4 Å². The third-order valence-electron chi connectivity index (χ3n) is 5.65. The van der Waals surface area contributed by atoms with Crippen LogP contribution in [0.2, 0.25) is 0 Å². The molecule has 2 aliphatic rings. The number of amides is 2. The molecule has 1 saturated carbocycles. The molecule has 0 bridgehead atoms. The first kappa shape index (κ1) is 22.8. The molecule has 0 spiro atoms. The van der Waals surface area contributed by atoms with Crippen molar-refractivity contribution in [1.29, 1.82) is 0 Å². The number of anilines is 1. The normalized spacial score (nSPS) is 19.8. The molecule has 1 aliphatic heterocycles. The van der Waals surface area contributed by atoms with E-state index in [0.29, 0.717) is 11.6 Å². The van der Waals surface area contributed by atoms with Crippen molar-refractivity contribution in [1.82, 2.24) is 5.32 Å². The van der Waals surface area contributed by atoms with E-state index in [2.05, 4.69) is 10.6 Å². The van der Waals surface area contributed by atoms with E-state index in [1.54, 1.807) is 20.8 Å². The Morgan fingerprint density at radius 3 is 2.39 bits per heavy atom. The molecule has 1 atom stereocenters. The predicted molar refractivity (Wildman–Crippen MR) is 118 cm³/mol. The van der Waals surface area contributed by atoms with Crippen molar-refractivity contribution in [3.05, 3.63) is 41.2 Å². The van der Waals surface area contributed by atoms with E-state index in [9.17, 15) is 19.5 Å². The largest absolute Gasteiger partial charge is 0.509 e. The number of benzene rings is 1. The number of carbonyl (C=O) groups excluding carboxylic acids is 3. The maximum Gasteiger partial charge on any atom is 0.306 e. The summed E-state index contributed by atoms with van der Waals surface area (Å²) in [5.41, 5.74) is 0.909. The highest BCUT2D eigenvalue weighted by atomic mass is 16.6. The zero-order valence-corrected chi connectivity index (χ0v) is 18.5. The van der Waals surface area contributed by atoms with Crippen LogP contribution in [0.1, 0.15) is 77.2 Å². The number of carbonyl (C=O) groups is 3. The summed E-state index contributed by atoms with van der Waals surface area (Å²) in [6, 6.07) is 6.89. The van der Waals surface area contributed by atoms with Gasteiger partial charge in [-0.3, -0.25) is 14.4 Å². The van der Waals surface area contributed by atoms with Crippen molar-refractivity contribution in [3.8, 4) is 0 Å². The Kier molecular flexibility index (Phi) is 7.03. The van der Waals surface area contributed by atoms with E-state index >= 15 is 0 Å². The van der Waals surface area contributed by atoms with Gasteiger partial charge >= 0.3 is 5.97 Å². The van der Waals surface area contributed by atoms with Crippen LogP contribution < -0.4 is 10.6 Å². The number of aliphatic hydroxyl groups is 1. The molecule has 7 heteroatoms. The topological polar surface area (TPSA) is 105 Å². The van der Waals surface area contributed by atoms with Gasteiger partial charge in [-0.05, 0) is 63.6 Å². The Hall–Kier alpha value is -2.83. The highest BCUT2D eigenvalue weighted by Gasteiger charge is 2.36. The van der Waals surface area contributed by atoms with Crippen LogP contribution >= 0.6 is 0 Å². The second-order valence-corrected chi connectivity index (χ2v) is 9.32. The zero-order chi connectivity index (χ0) is 22.6. The van der Waals surface area contributed by atoms with Gasteiger partial charge in [0.25, 0.3) is 11.8 Å². The molecular weight excluding hydrogens is 396 g/mol. The molecule has 0 aromatic heterocycles. The summed E-state index contributed by atoms with van der Waals surface area (Å²) in [6.07, 6.45) is 6.35. The molecule has 0 unspecified atom stereocenters. The number of hydrogen-bond donors (Lipinski definition) is 3. The lowest BCUT2D eigenvalue weighted by Crippen LogP contribution is -2.31.